The summed E-state index contributed by atoms with van der Waals surface area (Å²) in [6.45, 7) is 14.8. The minimum absolute atomic E-state index is 0.260. The van der Waals surface area contributed by atoms with Crippen LogP contribution in [0.5, 0.6) is 11.8 Å². The van der Waals surface area contributed by atoms with Gasteiger partial charge in [-0.25, -0.2) is 5.26 Å². The first kappa shape index (κ1) is 23.1. The summed E-state index contributed by atoms with van der Waals surface area (Å²) in [4.78, 5) is 21.5. The van der Waals surface area contributed by atoms with Crippen LogP contribution in [0.15, 0.2) is 22.1 Å². The lowest BCUT2D eigenvalue weighted by Crippen LogP contribution is -2.32. The van der Waals surface area contributed by atoms with Crippen molar-refractivity contribution in [2.45, 2.75) is 38.9 Å². The Labute approximate surface area is 213 Å². The number of thiazole rings is 2. The van der Waals surface area contributed by atoms with Crippen LogP contribution in [0.4, 0.5) is 10.3 Å². The molecule has 2 aliphatic heterocycles. The van der Waals surface area contributed by atoms with Crippen LogP contribution in [0.3, 0.4) is 0 Å². The number of aliphatic imine (C=N–C) groups is 2. The Morgan fingerprint density at radius 2 is 1.33 bits per heavy atom. The maximum absolute atomic E-state index is 9.07. The summed E-state index contributed by atoms with van der Waals surface area (Å²) >= 11 is 2.48. The Bertz CT molecular complexity index is 1540. The molecule has 1 aromatic carbocycles. The normalized spacial score (nSPS) is 15.6. The van der Waals surface area contributed by atoms with Gasteiger partial charge in [0.2, 0.25) is 22.6 Å². The zero-order chi connectivity index (χ0) is 25.8. The molecule has 0 saturated heterocycles. The van der Waals surface area contributed by atoms with Gasteiger partial charge < -0.3 is 14.3 Å². The van der Waals surface area contributed by atoms with E-state index >= 15 is 0 Å². The number of hydrogen-bond donors (Lipinski definition) is 0. The van der Waals surface area contributed by atoms with Crippen LogP contribution < -0.4 is 9.47 Å². The van der Waals surface area contributed by atoms with E-state index in [4.69, 9.17) is 31.8 Å². The number of ether oxygens (including phenoxy) is 2. The van der Waals surface area contributed by atoms with Gasteiger partial charge in [-0.1, -0.05) is 34.2 Å². The molecule has 4 heterocycles. The summed E-state index contributed by atoms with van der Waals surface area (Å²) in [6.07, 6.45) is 0. The smallest absolute Gasteiger partial charge is 0.352 e. The quantitative estimate of drug-likeness (QED) is 0.241. The predicted molar refractivity (Wildman–Crippen MR) is 134 cm³/mol. The number of fused-ring (bicyclic) bond motifs is 6. The molecule has 0 amide bonds. The standard InChI is InChI=1S/C24H14N8O2S2/c1-23(2)14-7-13-15(6-12(14)17-19(33-23)31-21(35-17)29-11(8-25)9-26)24(3,4)34-20-18(13)36-22(32-20)30-16(10-27)28-5/h6-7H,1-4H3. The molecule has 0 bridgehead atoms. The summed E-state index contributed by atoms with van der Waals surface area (Å²) < 4.78 is 12.4. The fraction of sp³-hybridized carbons (Fsp3) is 0.250. The Morgan fingerprint density at radius 1 is 0.861 bits per heavy atom. The van der Waals surface area contributed by atoms with Gasteiger partial charge in [0.25, 0.3) is 0 Å². The second kappa shape index (κ2) is 7.96. The van der Waals surface area contributed by atoms with Gasteiger partial charge in [0.05, 0.1) is 0 Å². The first-order valence-electron chi connectivity index (χ1n) is 10.4. The number of aromatic nitrogens is 2. The van der Waals surface area contributed by atoms with Crippen molar-refractivity contribution in [3.63, 3.8) is 0 Å². The molecule has 0 fully saturated rings. The number of amidine groups is 1. The topological polar surface area (TPSA) is 145 Å². The van der Waals surface area contributed by atoms with Gasteiger partial charge in [0.1, 0.15) is 39.2 Å². The highest BCUT2D eigenvalue weighted by atomic mass is 32.1. The van der Waals surface area contributed by atoms with Crippen molar-refractivity contribution >= 4 is 44.5 Å². The van der Waals surface area contributed by atoms with Crippen molar-refractivity contribution < 1.29 is 9.47 Å². The minimum Gasteiger partial charge on any atom is -0.466 e. The SMILES string of the molecule is [C-]#[N+]C(C#N)=Nc1nc2c(s1)-c1cc3c(cc1C(C)(C)O2)-c1sc(N=C(C#N)C#N)nc1OC3(C)C. The van der Waals surface area contributed by atoms with Crippen molar-refractivity contribution in [2.75, 3.05) is 0 Å². The highest BCUT2D eigenvalue weighted by Crippen LogP contribution is 2.55. The Kier molecular flexibility index (Phi) is 5.12. The summed E-state index contributed by atoms with van der Waals surface area (Å²) in [5, 5.41) is 27.7. The van der Waals surface area contributed by atoms with Crippen molar-refractivity contribution in [2.24, 2.45) is 9.98 Å². The van der Waals surface area contributed by atoms with E-state index in [-0.39, 0.29) is 21.8 Å². The van der Waals surface area contributed by atoms with Crippen LogP contribution in [0, 0.1) is 40.6 Å². The molecule has 0 spiro atoms. The first-order chi connectivity index (χ1) is 17.1. The zero-order valence-electron chi connectivity index (χ0n) is 19.4. The lowest BCUT2D eigenvalue weighted by Gasteiger charge is -2.37. The van der Waals surface area contributed by atoms with Crippen LogP contribution in [-0.4, -0.2) is 21.5 Å². The van der Waals surface area contributed by atoms with Gasteiger partial charge >= 0.3 is 11.0 Å². The van der Waals surface area contributed by atoms with E-state index in [1.54, 1.807) is 18.2 Å². The molecule has 0 aliphatic carbocycles. The molecule has 174 valence electrons. The fourth-order valence-electron chi connectivity index (χ4n) is 4.07. The number of benzene rings is 1. The average molecular weight is 511 g/mol. The number of nitriles is 3. The van der Waals surface area contributed by atoms with Crippen molar-refractivity contribution in [3.05, 3.63) is 34.7 Å². The Balaban J connectivity index is 1.72. The van der Waals surface area contributed by atoms with Crippen molar-refractivity contribution in [3.8, 4) is 50.8 Å². The van der Waals surface area contributed by atoms with Crippen molar-refractivity contribution in [1.29, 1.82) is 15.8 Å². The molecule has 2 aromatic heterocycles. The van der Waals surface area contributed by atoms with Crippen LogP contribution in [0.25, 0.3) is 25.7 Å². The van der Waals surface area contributed by atoms with E-state index in [0.717, 1.165) is 32.0 Å². The monoisotopic (exact) mass is 510 g/mol. The molecule has 0 N–H and O–H groups in total. The third-order valence-electron chi connectivity index (χ3n) is 5.64. The molecular weight excluding hydrogens is 496 g/mol. The maximum Gasteiger partial charge on any atom is 0.352 e. The second-order valence-corrected chi connectivity index (χ2v) is 10.7. The van der Waals surface area contributed by atoms with Gasteiger partial charge in [0, 0.05) is 22.3 Å². The van der Waals surface area contributed by atoms with Gasteiger partial charge in [-0.2, -0.15) is 25.5 Å². The van der Waals surface area contributed by atoms with E-state index in [9.17, 15) is 0 Å². The van der Waals surface area contributed by atoms with Crippen LogP contribution in [0.2, 0.25) is 0 Å². The van der Waals surface area contributed by atoms with Gasteiger partial charge in [-0.3, -0.25) is 0 Å². The molecule has 0 saturated carbocycles. The minimum atomic E-state index is -0.744. The lowest BCUT2D eigenvalue weighted by molar-refractivity contribution is 0.0954. The largest absolute Gasteiger partial charge is 0.466 e. The molecule has 3 aromatic rings. The summed E-state index contributed by atoms with van der Waals surface area (Å²) in [5.41, 5.74) is 1.86. The molecule has 2 aliphatic rings. The van der Waals surface area contributed by atoms with E-state index < -0.39 is 11.2 Å². The average Bonchev–Trinajstić information content (AvgIpc) is 3.42. The first-order valence-corrected chi connectivity index (χ1v) is 12.1. The van der Waals surface area contributed by atoms with E-state index in [1.807, 2.05) is 39.8 Å². The molecule has 0 radical (unpaired) electrons. The summed E-state index contributed by atoms with van der Waals surface area (Å²) in [6, 6.07) is 9.34. The molecular formula is C24H14N8O2S2. The Morgan fingerprint density at radius 3 is 1.75 bits per heavy atom. The predicted octanol–water partition coefficient (Wildman–Crippen LogP) is 5.78. The molecule has 36 heavy (non-hydrogen) atoms. The third-order valence-corrected chi connectivity index (χ3v) is 7.57. The summed E-state index contributed by atoms with van der Waals surface area (Å²) in [5.74, 6) is 0.482. The van der Waals surface area contributed by atoms with E-state index in [1.165, 1.54) is 22.7 Å². The molecule has 12 heteroatoms. The highest BCUT2D eigenvalue weighted by Gasteiger charge is 2.41. The van der Waals surface area contributed by atoms with Crippen LogP contribution in [-0.2, 0) is 11.2 Å². The lowest BCUT2D eigenvalue weighted by atomic mass is 9.81. The number of nitrogens with zero attached hydrogens (tertiary/aromatic N) is 8. The maximum atomic E-state index is 9.07. The second-order valence-electron chi connectivity index (χ2n) is 8.77. The summed E-state index contributed by atoms with van der Waals surface area (Å²) in [7, 11) is 0. The van der Waals surface area contributed by atoms with Gasteiger partial charge in [-0.15, -0.1) is 0 Å². The molecule has 5 rings (SSSR count). The van der Waals surface area contributed by atoms with Crippen LogP contribution in [0.1, 0.15) is 38.8 Å². The number of hydrogen-bond acceptors (Lipinski definition) is 11. The fourth-order valence-corrected chi connectivity index (χ4v) is 5.86. The molecule has 0 atom stereocenters. The van der Waals surface area contributed by atoms with Gasteiger partial charge in [0.15, 0.2) is 0 Å². The highest BCUT2D eigenvalue weighted by molar-refractivity contribution is 7.19. The third kappa shape index (κ3) is 3.57. The molecule has 0 unspecified atom stereocenters. The van der Waals surface area contributed by atoms with Gasteiger partial charge in [-0.05, 0) is 39.8 Å². The zero-order valence-corrected chi connectivity index (χ0v) is 21.0. The number of rotatable bonds is 2. The van der Waals surface area contributed by atoms with E-state index in [2.05, 4.69) is 24.8 Å². The van der Waals surface area contributed by atoms with Crippen molar-refractivity contribution in [1.82, 2.24) is 9.97 Å². The van der Waals surface area contributed by atoms with Crippen LogP contribution >= 0.6 is 22.7 Å². The molecule has 10 nitrogen and oxygen atoms in total. The Hall–Kier alpha value is -4.62. The van der Waals surface area contributed by atoms with E-state index in [0.29, 0.717) is 11.8 Å².